The largest absolute Gasteiger partial charge is 0.316 e. The number of nitrogens with one attached hydrogen (secondary N) is 1. The minimum atomic E-state index is -0.450. The number of aryl methyl sites for hydroxylation is 1. The molecule has 1 rings (SSSR count). The predicted molar refractivity (Wildman–Crippen MR) is 58.5 cm³/mol. The Morgan fingerprint density at radius 1 is 1.80 bits per heavy atom. The monoisotopic (exact) mass is 224 g/mol. The number of nitrogens with two attached hydrogens (primary N) is 1. The Kier molecular flexibility index (Phi) is 4.34. The van der Waals surface area contributed by atoms with Crippen LogP contribution in [0.2, 0.25) is 0 Å². The van der Waals surface area contributed by atoms with Crippen molar-refractivity contribution in [2.75, 3.05) is 5.75 Å². The van der Waals surface area contributed by atoms with E-state index in [9.17, 15) is 4.79 Å². The van der Waals surface area contributed by atoms with Gasteiger partial charge in [0.25, 0.3) is 5.56 Å². The first-order valence-electron chi connectivity index (χ1n) is 4.48. The summed E-state index contributed by atoms with van der Waals surface area (Å²) in [4.78, 5) is 17.8. The van der Waals surface area contributed by atoms with Crippen molar-refractivity contribution in [2.45, 2.75) is 24.5 Å². The molecule has 5 nitrogen and oxygen atoms in total. The summed E-state index contributed by atoms with van der Waals surface area (Å²) in [7, 11) is 0. The van der Waals surface area contributed by atoms with Crippen molar-refractivity contribution in [3.8, 4) is 6.07 Å². The molecule has 0 aliphatic rings. The average Bonchev–Trinajstić information content (AvgIpc) is 2.16. The van der Waals surface area contributed by atoms with Crippen LogP contribution in [0.4, 0.5) is 0 Å². The first kappa shape index (κ1) is 11.8. The van der Waals surface area contributed by atoms with Gasteiger partial charge in [-0.2, -0.15) is 5.26 Å². The summed E-state index contributed by atoms with van der Waals surface area (Å²) in [5, 5.41) is 9.04. The normalized spacial score (nSPS) is 12.1. The third-order valence-electron chi connectivity index (χ3n) is 1.68. The molecule has 0 bridgehead atoms. The Hall–Kier alpha value is -1.32. The van der Waals surface area contributed by atoms with Crippen LogP contribution in [0.3, 0.4) is 0 Å². The van der Waals surface area contributed by atoms with Gasteiger partial charge in [-0.3, -0.25) is 4.79 Å². The smallest absolute Gasteiger partial charge is 0.251 e. The lowest BCUT2D eigenvalue weighted by Crippen LogP contribution is -2.18. The second-order valence-electron chi connectivity index (χ2n) is 3.06. The van der Waals surface area contributed by atoms with E-state index >= 15 is 0 Å². The van der Waals surface area contributed by atoms with Crippen molar-refractivity contribution in [3.05, 3.63) is 22.1 Å². The SMILES string of the molecule is Cc1cc(=O)[nH]c(SCCC(N)C#N)n1. The van der Waals surface area contributed by atoms with Gasteiger partial charge >= 0.3 is 0 Å². The number of aromatic amines is 1. The summed E-state index contributed by atoms with van der Waals surface area (Å²) >= 11 is 1.39. The fourth-order valence-electron chi connectivity index (χ4n) is 0.967. The molecule has 1 heterocycles. The number of nitrogens with zero attached hydrogens (tertiary/aromatic N) is 2. The van der Waals surface area contributed by atoms with E-state index in [-0.39, 0.29) is 5.56 Å². The van der Waals surface area contributed by atoms with Crippen LogP contribution in [-0.4, -0.2) is 21.8 Å². The highest BCUT2D eigenvalue weighted by Crippen LogP contribution is 2.12. The quantitative estimate of drug-likeness (QED) is 0.570. The van der Waals surface area contributed by atoms with Gasteiger partial charge in [0.15, 0.2) is 5.16 Å². The van der Waals surface area contributed by atoms with Crippen LogP contribution in [0, 0.1) is 18.3 Å². The van der Waals surface area contributed by atoms with Gasteiger partial charge in [0.2, 0.25) is 0 Å². The Morgan fingerprint density at radius 3 is 3.13 bits per heavy atom. The zero-order valence-electron chi connectivity index (χ0n) is 8.36. The molecule has 1 aromatic rings. The van der Waals surface area contributed by atoms with Gasteiger partial charge < -0.3 is 10.7 Å². The van der Waals surface area contributed by atoms with Crippen molar-refractivity contribution >= 4 is 11.8 Å². The lowest BCUT2D eigenvalue weighted by molar-refractivity contribution is 0.799. The maximum atomic E-state index is 11.1. The predicted octanol–water partition coefficient (Wildman–Crippen LogP) is 0.411. The topological polar surface area (TPSA) is 95.6 Å². The van der Waals surface area contributed by atoms with Crippen LogP contribution in [0.5, 0.6) is 0 Å². The number of aromatic nitrogens is 2. The average molecular weight is 224 g/mol. The number of rotatable bonds is 4. The lowest BCUT2D eigenvalue weighted by Gasteiger charge is -2.02. The molecule has 0 saturated heterocycles. The highest BCUT2D eigenvalue weighted by atomic mass is 32.2. The molecule has 0 spiro atoms. The van der Waals surface area contributed by atoms with Gasteiger partial charge in [-0.1, -0.05) is 11.8 Å². The van der Waals surface area contributed by atoms with E-state index in [0.29, 0.717) is 23.0 Å². The number of nitriles is 1. The van der Waals surface area contributed by atoms with Gasteiger partial charge in [0.1, 0.15) is 0 Å². The van der Waals surface area contributed by atoms with Gasteiger partial charge in [-0.25, -0.2) is 4.98 Å². The number of thioether (sulfide) groups is 1. The van der Waals surface area contributed by atoms with Crippen LogP contribution in [0.1, 0.15) is 12.1 Å². The van der Waals surface area contributed by atoms with E-state index < -0.39 is 6.04 Å². The van der Waals surface area contributed by atoms with Crippen molar-refractivity contribution in [1.82, 2.24) is 9.97 Å². The molecule has 1 aromatic heterocycles. The van der Waals surface area contributed by atoms with Crippen LogP contribution in [0.25, 0.3) is 0 Å². The van der Waals surface area contributed by atoms with E-state index in [1.165, 1.54) is 17.8 Å². The molecule has 0 amide bonds. The molecule has 1 atom stereocenters. The van der Waals surface area contributed by atoms with Crippen molar-refractivity contribution in [2.24, 2.45) is 5.73 Å². The van der Waals surface area contributed by atoms with Gasteiger partial charge in [0.05, 0.1) is 12.1 Å². The van der Waals surface area contributed by atoms with Crippen molar-refractivity contribution in [1.29, 1.82) is 5.26 Å². The Balaban J connectivity index is 2.52. The minimum Gasteiger partial charge on any atom is -0.316 e. The molecule has 15 heavy (non-hydrogen) atoms. The zero-order valence-corrected chi connectivity index (χ0v) is 9.17. The molecule has 1 unspecified atom stereocenters. The van der Waals surface area contributed by atoms with Gasteiger partial charge in [-0.15, -0.1) is 0 Å². The molecule has 0 aliphatic heterocycles. The molecule has 3 N–H and O–H groups in total. The first-order chi connectivity index (χ1) is 7.11. The second kappa shape index (κ2) is 5.53. The number of H-pyrrole nitrogens is 1. The molecule has 6 heteroatoms. The summed E-state index contributed by atoms with van der Waals surface area (Å²) in [5.41, 5.74) is 5.96. The summed E-state index contributed by atoms with van der Waals surface area (Å²) in [6.45, 7) is 1.76. The number of hydrogen-bond acceptors (Lipinski definition) is 5. The van der Waals surface area contributed by atoms with Crippen LogP contribution in [-0.2, 0) is 0 Å². The molecule has 0 aromatic carbocycles. The molecule has 80 valence electrons. The fraction of sp³-hybridized carbons (Fsp3) is 0.444. The summed E-state index contributed by atoms with van der Waals surface area (Å²) < 4.78 is 0. The molecular formula is C9H12N4OS. The van der Waals surface area contributed by atoms with Crippen LogP contribution in [0.15, 0.2) is 16.0 Å². The number of hydrogen-bond donors (Lipinski definition) is 2. The first-order valence-corrected chi connectivity index (χ1v) is 5.46. The molecule has 0 aliphatic carbocycles. The lowest BCUT2D eigenvalue weighted by atomic mass is 10.3. The van der Waals surface area contributed by atoms with Gasteiger partial charge in [-0.05, 0) is 13.3 Å². The highest BCUT2D eigenvalue weighted by molar-refractivity contribution is 7.99. The fourth-order valence-corrected chi connectivity index (χ4v) is 1.91. The maximum absolute atomic E-state index is 11.1. The summed E-state index contributed by atoms with van der Waals surface area (Å²) in [6.07, 6.45) is 0.582. The third-order valence-corrected chi connectivity index (χ3v) is 2.59. The molecular weight excluding hydrogens is 212 g/mol. The molecule has 0 fully saturated rings. The van der Waals surface area contributed by atoms with E-state index in [2.05, 4.69) is 9.97 Å². The maximum Gasteiger partial charge on any atom is 0.251 e. The zero-order chi connectivity index (χ0) is 11.3. The summed E-state index contributed by atoms with van der Waals surface area (Å²) in [6, 6.07) is 2.93. The van der Waals surface area contributed by atoms with Gasteiger partial charge in [0, 0.05) is 17.5 Å². The molecule has 0 saturated carbocycles. The van der Waals surface area contributed by atoms with E-state index in [4.69, 9.17) is 11.0 Å². The standard InChI is InChI=1S/C9H12N4OS/c1-6-4-8(14)13-9(12-6)15-3-2-7(11)5-10/h4,7H,2-3,11H2,1H3,(H,12,13,14). The highest BCUT2D eigenvalue weighted by Gasteiger charge is 2.02. The Morgan fingerprint density at radius 2 is 2.53 bits per heavy atom. The second-order valence-corrected chi connectivity index (χ2v) is 4.15. The molecule has 0 radical (unpaired) electrons. The Bertz CT molecular complexity index is 423. The van der Waals surface area contributed by atoms with E-state index in [1.54, 1.807) is 6.92 Å². The van der Waals surface area contributed by atoms with E-state index in [1.807, 2.05) is 6.07 Å². The van der Waals surface area contributed by atoms with Crippen LogP contribution < -0.4 is 11.3 Å². The Labute approximate surface area is 91.7 Å². The minimum absolute atomic E-state index is 0.158. The van der Waals surface area contributed by atoms with Crippen molar-refractivity contribution in [3.63, 3.8) is 0 Å². The summed E-state index contributed by atoms with van der Waals surface area (Å²) in [5.74, 6) is 0.668. The third kappa shape index (κ3) is 4.14. The van der Waals surface area contributed by atoms with Crippen molar-refractivity contribution < 1.29 is 0 Å². The van der Waals surface area contributed by atoms with Crippen LogP contribution >= 0.6 is 11.8 Å². The van der Waals surface area contributed by atoms with E-state index in [0.717, 1.165) is 0 Å².